The molecule has 2 aromatic rings. The van der Waals surface area contributed by atoms with E-state index in [4.69, 9.17) is 11.6 Å². The number of likely N-dealkylation sites (tertiary alicyclic amines) is 1. The van der Waals surface area contributed by atoms with Gasteiger partial charge in [-0.3, -0.25) is 4.79 Å². The largest absolute Gasteiger partial charge is 0.392 e. The molecule has 33 heavy (non-hydrogen) atoms. The molecular weight excluding hydrogens is 440 g/mol. The number of rotatable bonds is 8. The number of benzene rings is 2. The number of aliphatic hydroxyl groups excluding tert-OH is 1. The van der Waals surface area contributed by atoms with Gasteiger partial charge in [-0.05, 0) is 47.7 Å². The monoisotopic (exact) mass is 472 g/mol. The second-order valence-electron chi connectivity index (χ2n) is 9.71. The summed E-state index contributed by atoms with van der Waals surface area (Å²) in [7, 11) is 0. The zero-order valence-corrected chi connectivity index (χ0v) is 20.2. The van der Waals surface area contributed by atoms with Crippen LogP contribution in [0.3, 0.4) is 0 Å². The Kier molecular flexibility index (Phi) is 7.96. The van der Waals surface area contributed by atoms with Crippen LogP contribution in [0.5, 0.6) is 0 Å². The molecule has 1 amide bonds. The summed E-state index contributed by atoms with van der Waals surface area (Å²) in [4.78, 5) is 26.7. The number of carbonyl (C=O) groups is 2. The van der Waals surface area contributed by atoms with Gasteiger partial charge < -0.3 is 25.2 Å². The Morgan fingerprint density at radius 2 is 1.94 bits per heavy atom. The van der Waals surface area contributed by atoms with E-state index in [9.17, 15) is 19.8 Å². The molecule has 3 atom stereocenters. The summed E-state index contributed by atoms with van der Waals surface area (Å²) in [6, 6.07) is 13.4. The number of nitrogens with zero attached hydrogens (tertiary/aromatic N) is 1. The Balaban J connectivity index is 1.64. The van der Waals surface area contributed by atoms with Crippen LogP contribution in [-0.4, -0.2) is 53.0 Å². The molecule has 1 unspecified atom stereocenters. The van der Waals surface area contributed by atoms with Gasteiger partial charge in [0.1, 0.15) is 6.29 Å². The highest BCUT2D eigenvalue weighted by Gasteiger charge is 2.48. The van der Waals surface area contributed by atoms with Gasteiger partial charge in [-0.1, -0.05) is 56.6 Å². The fourth-order valence-electron chi connectivity index (χ4n) is 4.72. The molecule has 1 heterocycles. The van der Waals surface area contributed by atoms with E-state index in [1.807, 2.05) is 32.9 Å². The summed E-state index contributed by atoms with van der Waals surface area (Å²) in [5.41, 5.74) is 0.499. The fraction of sp³-hybridized carbons (Fsp3) is 0.462. The second-order valence-corrected chi connectivity index (χ2v) is 10.1. The van der Waals surface area contributed by atoms with Crippen LogP contribution in [0, 0.1) is 11.3 Å². The van der Waals surface area contributed by atoms with E-state index < -0.39 is 17.1 Å². The Morgan fingerprint density at radius 1 is 1.24 bits per heavy atom. The Bertz CT molecular complexity index is 979. The lowest BCUT2D eigenvalue weighted by atomic mass is 9.66. The van der Waals surface area contributed by atoms with Crippen LogP contribution in [0.25, 0.3) is 0 Å². The topological polar surface area (TPSA) is 89.9 Å². The van der Waals surface area contributed by atoms with Crippen molar-refractivity contribution in [2.24, 2.45) is 11.3 Å². The van der Waals surface area contributed by atoms with E-state index in [1.54, 1.807) is 36.4 Å². The van der Waals surface area contributed by atoms with Crippen molar-refractivity contribution < 1.29 is 19.8 Å². The van der Waals surface area contributed by atoms with Crippen molar-refractivity contribution in [3.05, 3.63) is 70.2 Å². The quantitative estimate of drug-likeness (QED) is 0.512. The first kappa shape index (κ1) is 25.4. The van der Waals surface area contributed by atoms with Gasteiger partial charge in [-0.2, -0.15) is 0 Å². The number of hydrogen-bond acceptors (Lipinski definition) is 5. The molecule has 3 N–H and O–H groups in total. The third-order valence-electron chi connectivity index (χ3n) is 6.83. The summed E-state index contributed by atoms with van der Waals surface area (Å²) in [6.45, 7) is 7.81. The number of nitrogens with one attached hydrogen (secondary N) is 1. The second kappa shape index (κ2) is 10.3. The Morgan fingerprint density at radius 3 is 2.55 bits per heavy atom. The molecule has 7 heteroatoms. The third kappa shape index (κ3) is 5.64. The summed E-state index contributed by atoms with van der Waals surface area (Å²) < 4.78 is 0. The van der Waals surface area contributed by atoms with Gasteiger partial charge in [0, 0.05) is 35.6 Å². The number of aliphatic hydroxyl groups is 2. The predicted octanol–water partition coefficient (Wildman–Crippen LogP) is 3.39. The summed E-state index contributed by atoms with van der Waals surface area (Å²) >= 11 is 6.02. The molecule has 0 radical (unpaired) electrons. The predicted molar refractivity (Wildman–Crippen MR) is 129 cm³/mol. The number of amides is 1. The molecule has 6 nitrogen and oxygen atoms in total. The first-order valence-electron chi connectivity index (χ1n) is 11.3. The van der Waals surface area contributed by atoms with Crippen molar-refractivity contribution in [3.63, 3.8) is 0 Å². The van der Waals surface area contributed by atoms with E-state index in [0.717, 1.165) is 11.8 Å². The maximum absolute atomic E-state index is 12.6. The number of halogens is 1. The Labute approximate surface area is 200 Å². The van der Waals surface area contributed by atoms with Gasteiger partial charge in [0.25, 0.3) is 5.91 Å². The van der Waals surface area contributed by atoms with Crippen LogP contribution in [0.15, 0.2) is 48.5 Å². The highest BCUT2D eigenvalue weighted by molar-refractivity contribution is 6.30. The van der Waals surface area contributed by atoms with Gasteiger partial charge in [-0.25, -0.2) is 0 Å². The van der Waals surface area contributed by atoms with E-state index in [2.05, 4.69) is 10.2 Å². The lowest BCUT2D eigenvalue weighted by Gasteiger charge is -2.51. The van der Waals surface area contributed by atoms with E-state index >= 15 is 0 Å². The summed E-state index contributed by atoms with van der Waals surface area (Å²) in [5, 5.41) is 24.3. The zero-order valence-electron chi connectivity index (χ0n) is 19.4. The minimum absolute atomic E-state index is 0.120. The molecule has 0 aromatic heterocycles. The van der Waals surface area contributed by atoms with Gasteiger partial charge in [-0.15, -0.1) is 0 Å². The van der Waals surface area contributed by atoms with Crippen LogP contribution in [0.2, 0.25) is 5.02 Å². The lowest BCUT2D eigenvalue weighted by Crippen LogP contribution is -2.57. The summed E-state index contributed by atoms with van der Waals surface area (Å²) in [5.74, 6) is -0.463. The van der Waals surface area contributed by atoms with Crippen molar-refractivity contribution in [1.82, 2.24) is 10.2 Å². The molecule has 0 bridgehead atoms. The van der Waals surface area contributed by atoms with Crippen molar-refractivity contribution in [2.75, 3.05) is 19.6 Å². The molecular formula is C26H33ClN2O4. The molecule has 178 valence electrons. The number of carbonyl (C=O) groups excluding carboxylic acids is 2. The Hall–Kier alpha value is -2.25. The van der Waals surface area contributed by atoms with Crippen LogP contribution in [0.4, 0.5) is 0 Å². The number of piperidine rings is 1. The molecule has 3 rings (SSSR count). The lowest BCUT2D eigenvalue weighted by molar-refractivity contribution is -0.128. The molecule has 1 fully saturated rings. The smallest absolute Gasteiger partial charge is 0.251 e. The molecule has 0 aliphatic carbocycles. The first-order valence-corrected chi connectivity index (χ1v) is 11.6. The van der Waals surface area contributed by atoms with Crippen molar-refractivity contribution >= 4 is 23.8 Å². The highest BCUT2D eigenvalue weighted by atomic mass is 35.5. The van der Waals surface area contributed by atoms with Crippen LogP contribution >= 0.6 is 11.6 Å². The maximum Gasteiger partial charge on any atom is 0.251 e. The molecule has 0 spiro atoms. The van der Waals surface area contributed by atoms with E-state index in [1.165, 1.54) is 0 Å². The standard InChI is InChI=1S/C26H33ClN2O4/c1-18(23(16-31)28-24(32)20-6-4-5-19(13-20)15-30)14-29-12-11-26(33,25(2,3)17-29)21-7-9-22(27)10-8-21/h4-10,13,16,18,23,30,33H,11-12,14-15,17H2,1-3H3,(H,28,32)/t18-,23?,26-/m0/s1. The minimum Gasteiger partial charge on any atom is -0.392 e. The van der Waals surface area contributed by atoms with Crippen LogP contribution in [-0.2, 0) is 17.0 Å². The maximum atomic E-state index is 12.6. The van der Waals surface area contributed by atoms with Crippen molar-refractivity contribution in [1.29, 1.82) is 0 Å². The van der Waals surface area contributed by atoms with Gasteiger partial charge in [0.2, 0.25) is 0 Å². The van der Waals surface area contributed by atoms with Gasteiger partial charge in [0.05, 0.1) is 18.2 Å². The first-order chi connectivity index (χ1) is 15.6. The average Bonchev–Trinajstić information content (AvgIpc) is 2.79. The highest BCUT2D eigenvalue weighted by Crippen LogP contribution is 2.46. The van der Waals surface area contributed by atoms with Crippen LogP contribution < -0.4 is 5.32 Å². The number of hydrogen-bond donors (Lipinski definition) is 3. The molecule has 1 aliphatic rings. The zero-order chi connectivity index (χ0) is 24.2. The third-order valence-corrected chi connectivity index (χ3v) is 7.08. The van der Waals surface area contributed by atoms with Gasteiger partial charge >= 0.3 is 0 Å². The average molecular weight is 473 g/mol. The number of aldehydes is 1. The molecule has 1 saturated heterocycles. The van der Waals surface area contributed by atoms with E-state index in [-0.39, 0.29) is 18.4 Å². The molecule has 1 aliphatic heterocycles. The van der Waals surface area contributed by atoms with E-state index in [0.29, 0.717) is 42.2 Å². The van der Waals surface area contributed by atoms with Crippen molar-refractivity contribution in [3.8, 4) is 0 Å². The van der Waals surface area contributed by atoms with Gasteiger partial charge in [0.15, 0.2) is 0 Å². The summed E-state index contributed by atoms with van der Waals surface area (Å²) in [6.07, 6.45) is 1.33. The van der Waals surface area contributed by atoms with Crippen molar-refractivity contribution in [2.45, 2.75) is 45.4 Å². The SMILES string of the molecule is C[C@@H](CN1CC[C@](O)(c2ccc(Cl)cc2)C(C)(C)C1)C(C=O)NC(=O)c1cccc(CO)c1. The normalized spacial score (nSPS) is 22.4. The minimum atomic E-state index is -0.979. The molecule has 2 aromatic carbocycles. The fourth-order valence-corrected chi connectivity index (χ4v) is 4.85. The molecule has 0 saturated carbocycles. The van der Waals surface area contributed by atoms with Crippen LogP contribution in [0.1, 0.15) is 48.7 Å².